The van der Waals surface area contributed by atoms with Crippen molar-refractivity contribution in [1.82, 2.24) is 10.6 Å². The minimum absolute atomic E-state index is 0.107. The molecule has 1 aliphatic carbocycles. The van der Waals surface area contributed by atoms with Gasteiger partial charge < -0.3 is 15.4 Å². The van der Waals surface area contributed by atoms with Crippen molar-refractivity contribution >= 4 is 17.5 Å². The molecule has 3 rings (SSSR count). The van der Waals surface area contributed by atoms with Gasteiger partial charge in [0.1, 0.15) is 5.75 Å². The Balaban J connectivity index is 1.66. The lowest BCUT2D eigenvalue weighted by Crippen LogP contribution is -2.37. The first kappa shape index (κ1) is 15.6. The molecule has 0 bridgehead atoms. The average molecular weight is 323 g/mol. The van der Waals surface area contributed by atoms with Crippen LogP contribution in [0, 0.1) is 0 Å². The van der Waals surface area contributed by atoms with Gasteiger partial charge in [0.2, 0.25) is 0 Å². The van der Waals surface area contributed by atoms with Crippen LogP contribution in [0.1, 0.15) is 48.9 Å². The second kappa shape index (κ2) is 7.34. The summed E-state index contributed by atoms with van der Waals surface area (Å²) >= 11 is 6.06. The molecule has 2 aliphatic rings. The molecule has 22 heavy (non-hydrogen) atoms. The maximum absolute atomic E-state index is 12.5. The normalized spacial score (nSPS) is 22.0. The maximum Gasteiger partial charge on any atom is 0.255 e. The van der Waals surface area contributed by atoms with Gasteiger partial charge in [0, 0.05) is 17.6 Å². The minimum Gasteiger partial charge on any atom is -0.490 e. The maximum atomic E-state index is 12.5. The van der Waals surface area contributed by atoms with Crippen molar-refractivity contribution < 1.29 is 9.53 Å². The van der Waals surface area contributed by atoms with Gasteiger partial charge in [-0.15, -0.1) is 0 Å². The van der Waals surface area contributed by atoms with Crippen LogP contribution in [0.2, 0.25) is 5.02 Å². The number of carbonyl (C=O) groups excluding carboxylic acids is 1. The van der Waals surface area contributed by atoms with E-state index in [2.05, 4.69) is 10.6 Å². The second-order valence-electron chi connectivity index (χ2n) is 6.17. The first-order chi connectivity index (χ1) is 10.7. The lowest BCUT2D eigenvalue weighted by atomic mass is 10.1. The Morgan fingerprint density at radius 1 is 1.27 bits per heavy atom. The molecule has 1 unspecified atom stereocenters. The van der Waals surface area contributed by atoms with Gasteiger partial charge in [-0.05, 0) is 63.3 Å². The van der Waals surface area contributed by atoms with Crippen LogP contribution in [0.5, 0.6) is 5.75 Å². The van der Waals surface area contributed by atoms with Crippen LogP contribution < -0.4 is 15.4 Å². The van der Waals surface area contributed by atoms with E-state index in [1.807, 2.05) is 6.07 Å². The fourth-order valence-corrected chi connectivity index (χ4v) is 3.38. The molecule has 5 heteroatoms. The molecule has 4 nitrogen and oxygen atoms in total. The Bertz CT molecular complexity index is 523. The van der Waals surface area contributed by atoms with E-state index in [1.54, 1.807) is 12.1 Å². The topological polar surface area (TPSA) is 50.4 Å². The summed E-state index contributed by atoms with van der Waals surface area (Å²) in [5.74, 6) is 0.539. The van der Waals surface area contributed by atoms with Gasteiger partial charge in [-0.2, -0.15) is 0 Å². The van der Waals surface area contributed by atoms with E-state index in [1.165, 1.54) is 19.3 Å². The highest BCUT2D eigenvalue weighted by molar-refractivity contribution is 6.31. The standard InChI is InChI=1S/C17H23ClN2O2/c18-12-7-8-16(22-14-5-1-2-6-14)15(10-12)17(21)20-11-13-4-3-9-19-13/h7-8,10,13-14,19H,1-6,9,11H2,(H,20,21). The Hall–Kier alpha value is -1.26. The summed E-state index contributed by atoms with van der Waals surface area (Å²) in [4.78, 5) is 12.5. The number of hydrogen-bond donors (Lipinski definition) is 2. The van der Waals surface area contributed by atoms with Crippen molar-refractivity contribution in [3.05, 3.63) is 28.8 Å². The SMILES string of the molecule is O=C(NCC1CCCN1)c1cc(Cl)ccc1OC1CCCC1. The van der Waals surface area contributed by atoms with Crippen LogP contribution in [-0.2, 0) is 0 Å². The smallest absolute Gasteiger partial charge is 0.255 e. The summed E-state index contributed by atoms with van der Waals surface area (Å²) in [7, 11) is 0. The second-order valence-corrected chi connectivity index (χ2v) is 6.60. The van der Waals surface area contributed by atoms with Crippen LogP contribution in [0.4, 0.5) is 0 Å². The van der Waals surface area contributed by atoms with Gasteiger partial charge in [-0.3, -0.25) is 4.79 Å². The van der Waals surface area contributed by atoms with Crippen LogP contribution in [0.15, 0.2) is 18.2 Å². The lowest BCUT2D eigenvalue weighted by Gasteiger charge is -2.17. The van der Waals surface area contributed by atoms with Crippen LogP contribution in [-0.4, -0.2) is 31.1 Å². The summed E-state index contributed by atoms with van der Waals surface area (Å²) in [5, 5.41) is 6.93. The van der Waals surface area contributed by atoms with Crippen molar-refractivity contribution in [3.8, 4) is 5.75 Å². The highest BCUT2D eigenvalue weighted by Gasteiger charge is 2.21. The zero-order valence-corrected chi connectivity index (χ0v) is 13.5. The van der Waals surface area contributed by atoms with Crippen molar-refractivity contribution in [2.75, 3.05) is 13.1 Å². The molecule has 1 amide bonds. The Labute approximate surface area is 136 Å². The largest absolute Gasteiger partial charge is 0.490 e. The Morgan fingerprint density at radius 2 is 2.09 bits per heavy atom. The minimum atomic E-state index is -0.107. The van der Waals surface area contributed by atoms with Gasteiger partial charge in [-0.25, -0.2) is 0 Å². The van der Waals surface area contributed by atoms with E-state index in [0.717, 1.165) is 25.8 Å². The monoisotopic (exact) mass is 322 g/mol. The molecule has 1 atom stereocenters. The number of rotatable bonds is 5. The number of benzene rings is 1. The third kappa shape index (κ3) is 3.93. The number of carbonyl (C=O) groups is 1. The molecule has 2 N–H and O–H groups in total. The number of amides is 1. The van der Waals surface area contributed by atoms with Gasteiger partial charge >= 0.3 is 0 Å². The molecule has 1 aliphatic heterocycles. The molecule has 1 aromatic carbocycles. The predicted octanol–water partition coefficient (Wildman–Crippen LogP) is 3.14. The van der Waals surface area contributed by atoms with Crippen LogP contribution in [0.3, 0.4) is 0 Å². The van der Waals surface area contributed by atoms with Crippen molar-refractivity contribution in [2.24, 2.45) is 0 Å². The molecule has 1 aromatic rings. The molecule has 0 radical (unpaired) electrons. The quantitative estimate of drug-likeness (QED) is 0.875. The van der Waals surface area contributed by atoms with Gasteiger partial charge in [0.25, 0.3) is 5.91 Å². The molecule has 1 saturated carbocycles. The van der Waals surface area contributed by atoms with Crippen LogP contribution >= 0.6 is 11.6 Å². The molecular weight excluding hydrogens is 300 g/mol. The van der Waals surface area contributed by atoms with E-state index in [0.29, 0.717) is 28.9 Å². The summed E-state index contributed by atoms with van der Waals surface area (Å²) in [5.41, 5.74) is 0.539. The Morgan fingerprint density at radius 3 is 2.82 bits per heavy atom. The zero-order valence-electron chi connectivity index (χ0n) is 12.7. The third-order valence-electron chi connectivity index (χ3n) is 4.45. The fraction of sp³-hybridized carbons (Fsp3) is 0.588. The molecular formula is C17H23ClN2O2. The lowest BCUT2D eigenvalue weighted by molar-refractivity contribution is 0.0943. The van der Waals surface area contributed by atoms with Gasteiger partial charge in [0.05, 0.1) is 11.7 Å². The van der Waals surface area contributed by atoms with Gasteiger partial charge in [-0.1, -0.05) is 11.6 Å². The first-order valence-electron chi connectivity index (χ1n) is 8.20. The number of halogens is 1. The number of hydrogen-bond acceptors (Lipinski definition) is 3. The highest BCUT2D eigenvalue weighted by atomic mass is 35.5. The molecule has 120 valence electrons. The molecule has 1 saturated heterocycles. The van der Waals surface area contributed by atoms with Crippen molar-refractivity contribution in [1.29, 1.82) is 0 Å². The average Bonchev–Trinajstić information content (AvgIpc) is 3.20. The number of ether oxygens (including phenoxy) is 1. The Kier molecular flexibility index (Phi) is 5.21. The third-order valence-corrected chi connectivity index (χ3v) is 4.69. The first-order valence-corrected chi connectivity index (χ1v) is 8.58. The molecule has 0 aromatic heterocycles. The van der Waals surface area contributed by atoms with Crippen LogP contribution in [0.25, 0.3) is 0 Å². The highest BCUT2D eigenvalue weighted by Crippen LogP contribution is 2.28. The molecule has 1 heterocycles. The predicted molar refractivity (Wildman–Crippen MR) is 87.7 cm³/mol. The van der Waals surface area contributed by atoms with Gasteiger partial charge in [0.15, 0.2) is 0 Å². The van der Waals surface area contributed by atoms with E-state index >= 15 is 0 Å². The number of nitrogens with one attached hydrogen (secondary N) is 2. The summed E-state index contributed by atoms with van der Waals surface area (Å²) in [6, 6.07) is 5.66. The summed E-state index contributed by atoms with van der Waals surface area (Å²) in [6.07, 6.45) is 7.05. The van der Waals surface area contributed by atoms with Crippen molar-refractivity contribution in [2.45, 2.75) is 50.7 Å². The van der Waals surface area contributed by atoms with E-state index < -0.39 is 0 Å². The van der Waals surface area contributed by atoms with E-state index in [4.69, 9.17) is 16.3 Å². The summed E-state index contributed by atoms with van der Waals surface area (Å²) < 4.78 is 6.02. The van der Waals surface area contributed by atoms with Crippen molar-refractivity contribution in [3.63, 3.8) is 0 Å². The fourth-order valence-electron chi connectivity index (χ4n) is 3.21. The van der Waals surface area contributed by atoms with E-state index in [-0.39, 0.29) is 12.0 Å². The molecule has 2 fully saturated rings. The summed E-state index contributed by atoms with van der Waals surface area (Å²) in [6.45, 7) is 1.68. The molecule has 0 spiro atoms. The zero-order chi connectivity index (χ0) is 15.4. The van der Waals surface area contributed by atoms with E-state index in [9.17, 15) is 4.79 Å².